The SMILES string of the molecule is CC(NC(=O)NCCSCc1ccnc(Cl)c1)c1nncn1C. The van der Waals surface area contributed by atoms with Gasteiger partial charge in [0.05, 0.1) is 6.04 Å². The topological polar surface area (TPSA) is 84.7 Å². The second-order valence-electron chi connectivity index (χ2n) is 4.96. The average Bonchev–Trinajstić information content (AvgIpc) is 2.93. The van der Waals surface area contributed by atoms with Crippen LogP contribution in [0.1, 0.15) is 24.4 Å². The highest BCUT2D eigenvalue weighted by Crippen LogP contribution is 2.14. The number of nitrogens with one attached hydrogen (secondary N) is 2. The number of thioether (sulfide) groups is 1. The molecule has 2 heterocycles. The summed E-state index contributed by atoms with van der Waals surface area (Å²) in [5, 5.41) is 13.9. The predicted molar refractivity (Wildman–Crippen MR) is 91.4 cm³/mol. The number of urea groups is 1. The molecule has 0 fully saturated rings. The zero-order valence-electron chi connectivity index (χ0n) is 13.0. The summed E-state index contributed by atoms with van der Waals surface area (Å²) < 4.78 is 1.78. The van der Waals surface area contributed by atoms with Crippen LogP contribution >= 0.6 is 23.4 Å². The maximum atomic E-state index is 11.8. The summed E-state index contributed by atoms with van der Waals surface area (Å²) in [5.74, 6) is 2.36. The van der Waals surface area contributed by atoms with Gasteiger partial charge in [0.25, 0.3) is 0 Å². The Morgan fingerprint density at radius 1 is 1.52 bits per heavy atom. The molecule has 0 saturated heterocycles. The molecular formula is C14H19ClN6OS. The van der Waals surface area contributed by atoms with Crippen molar-refractivity contribution in [3.05, 3.63) is 41.2 Å². The first-order valence-electron chi connectivity index (χ1n) is 7.12. The van der Waals surface area contributed by atoms with Gasteiger partial charge in [0.15, 0.2) is 5.82 Å². The van der Waals surface area contributed by atoms with Crippen molar-refractivity contribution in [1.29, 1.82) is 0 Å². The normalized spacial score (nSPS) is 12.0. The summed E-state index contributed by atoms with van der Waals surface area (Å²) in [7, 11) is 1.84. The molecule has 0 aliphatic rings. The third-order valence-corrected chi connectivity index (χ3v) is 4.31. The van der Waals surface area contributed by atoms with E-state index in [9.17, 15) is 4.79 Å². The fourth-order valence-electron chi connectivity index (χ4n) is 1.96. The summed E-state index contributed by atoms with van der Waals surface area (Å²) in [6, 6.07) is 3.36. The summed E-state index contributed by atoms with van der Waals surface area (Å²) >= 11 is 7.55. The van der Waals surface area contributed by atoms with Crippen LogP contribution in [0.3, 0.4) is 0 Å². The molecule has 2 aromatic heterocycles. The van der Waals surface area contributed by atoms with E-state index >= 15 is 0 Å². The van der Waals surface area contributed by atoms with Crippen LogP contribution in [0.15, 0.2) is 24.7 Å². The van der Waals surface area contributed by atoms with Gasteiger partial charge in [0.1, 0.15) is 11.5 Å². The van der Waals surface area contributed by atoms with E-state index in [1.807, 2.05) is 26.1 Å². The molecule has 0 aliphatic carbocycles. The number of aryl methyl sites for hydroxylation is 1. The lowest BCUT2D eigenvalue weighted by atomic mass is 10.3. The first-order valence-corrected chi connectivity index (χ1v) is 8.66. The van der Waals surface area contributed by atoms with Crippen molar-refractivity contribution in [1.82, 2.24) is 30.4 Å². The molecule has 2 rings (SSSR count). The van der Waals surface area contributed by atoms with Gasteiger partial charge in [-0.15, -0.1) is 10.2 Å². The molecule has 2 aromatic rings. The lowest BCUT2D eigenvalue weighted by Gasteiger charge is -2.13. The second kappa shape index (κ2) is 8.73. The number of carbonyl (C=O) groups excluding carboxylic acids is 1. The van der Waals surface area contributed by atoms with Crippen LogP contribution in [-0.2, 0) is 12.8 Å². The van der Waals surface area contributed by atoms with Crippen LogP contribution in [0.2, 0.25) is 5.15 Å². The summed E-state index contributed by atoms with van der Waals surface area (Å²) in [4.78, 5) is 15.8. The summed E-state index contributed by atoms with van der Waals surface area (Å²) in [6.45, 7) is 2.45. The van der Waals surface area contributed by atoms with Gasteiger partial charge in [0, 0.05) is 31.3 Å². The van der Waals surface area contributed by atoms with E-state index in [4.69, 9.17) is 11.6 Å². The molecule has 0 saturated carbocycles. The summed E-state index contributed by atoms with van der Waals surface area (Å²) in [5.41, 5.74) is 1.12. The quantitative estimate of drug-likeness (QED) is 0.588. The van der Waals surface area contributed by atoms with Crippen molar-refractivity contribution in [2.75, 3.05) is 12.3 Å². The molecule has 2 amide bonds. The number of nitrogens with zero attached hydrogens (tertiary/aromatic N) is 4. The molecule has 7 nitrogen and oxygen atoms in total. The Kier molecular flexibility index (Phi) is 6.66. The van der Waals surface area contributed by atoms with Crippen LogP contribution in [-0.4, -0.2) is 38.1 Å². The third-order valence-electron chi connectivity index (χ3n) is 3.07. The van der Waals surface area contributed by atoms with Crippen LogP contribution in [0.4, 0.5) is 4.79 Å². The molecule has 0 aromatic carbocycles. The molecular weight excluding hydrogens is 336 g/mol. The Morgan fingerprint density at radius 3 is 3.04 bits per heavy atom. The number of hydrogen-bond acceptors (Lipinski definition) is 5. The van der Waals surface area contributed by atoms with Crippen LogP contribution in [0.25, 0.3) is 0 Å². The van der Waals surface area contributed by atoms with E-state index in [-0.39, 0.29) is 12.1 Å². The van der Waals surface area contributed by atoms with Crippen LogP contribution < -0.4 is 10.6 Å². The Morgan fingerprint density at radius 2 is 2.35 bits per heavy atom. The van der Waals surface area contributed by atoms with Crippen molar-refractivity contribution in [3.8, 4) is 0 Å². The molecule has 0 aliphatic heterocycles. The standard InChI is InChI=1S/C14H19ClN6OS/c1-10(13-20-18-9-21(13)2)19-14(22)17-5-6-23-8-11-3-4-16-12(15)7-11/h3-4,7,9-10H,5-6,8H2,1-2H3,(H2,17,19,22). The minimum absolute atomic E-state index is 0.200. The lowest BCUT2D eigenvalue weighted by molar-refractivity contribution is 0.238. The van der Waals surface area contributed by atoms with Crippen LogP contribution in [0.5, 0.6) is 0 Å². The fourth-order valence-corrected chi connectivity index (χ4v) is 2.96. The van der Waals surface area contributed by atoms with Crippen LogP contribution in [0, 0.1) is 0 Å². The van der Waals surface area contributed by atoms with E-state index in [0.29, 0.717) is 17.5 Å². The lowest BCUT2D eigenvalue weighted by Crippen LogP contribution is -2.38. The molecule has 1 unspecified atom stereocenters. The predicted octanol–water partition coefficient (Wildman–Crippen LogP) is 2.16. The maximum Gasteiger partial charge on any atom is 0.315 e. The highest BCUT2D eigenvalue weighted by Gasteiger charge is 2.13. The number of hydrogen-bond donors (Lipinski definition) is 2. The minimum atomic E-state index is -0.215. The zero-order chi connectivity index (χ0) is 16.7. The summed E-state index contributed by atoms with van der Waals surface area (Å²) in [6.07, 6.45) is 3.30. The van der Waals surface area contributed by atoms with Gasteiger partial charge in [-0.1, -0.05) is 11.6 Å². The Labute approximate surface area is 144 Å². The largest absolute Gasteiger partial charge is 0.337 e. The van der Waals surface area contributed by atoms with Crippen molar-refractivity contribution in [2.24, 2.45) is 7.05 Å². The first kappa shape index (κ1) is 17.6. The second-order valence-corrected chi connectivity index (χ2v) is 6.45. The van der Waals surface area contributed by atoms with Gasteiger partial charge in [0.2, 0.25) is 0 Å². The smallest absolute Gasteiger partial charge is 0.315 e. The monoisotopic (exact) mass is 354 g/mol. The van der Waals surface area contributed by atoms with Crippen molar-refractivity contribution < 1.29 is 4.79 Å². The van der Waals surface area contributed by atoms with Crippen molar-refractivity contribution >= 4 is 29.4 Å². The Bertz CT molecular complexity index is 650. The number of amides is 2. The number of halogens is 1. The van der Waals surface area contributed by atoms with E-state index in [2.05, 4.69) is 25.8 Å². The highest BCUT2D eigenvalue weighted by atomic mass is 35.5. The number of pyridine rings is 1. The molecule has 0 spiro atoms. The molecule has 0 bridgehead atoms. The minimum Gasteiger partial charge on any atom is -0.337 e. The number of aromatic nitrogens is 4. The third kappa shape index (κ3) is 5.72. The van der Waals surface area contributed by atoms with Gasteiger partial charge in [-0.2, -0.15) is 11.8 Å². The molecule has 9 heteroatoms. The highest BCUT2D eigenvalue weighted by molar-refractivity contribution is 7.98. The van der Waals surface area contributed by atoms with Gasteiger partial charge < -0.3 is 15.2 Å². The van der Waals surface area contributed by atoms with Gasteiger partial charge >= 0.3 is 6.03 Å². The van der Waals surface area contributed by atoms with Gasteiger partial charge in [-0.25, -0.2) is 9.78 Å². The molecule has 124 valence electrons. The molecule has 1 atom stereocenters. The Hall–Kier alpha value is -1.80. The van der Waals surface area contributed by atoms with Gasteiger partial charge in [-0.3, -0.25) is 0 Å². The zero-order valence-corrected chi connectivity index (χ0v) is 14.6. The van der Waals surface area contributed by atoms with E-state index < -0.39 is 0 Å². The Balaban J connectivity index is 1.62. The first-order chi connectivity index (χ1) is 11.1. The molecule has 23 heavy (non-hydrogen) atoms. The molecule has 0 radical (unpaired) electrons. The fraction of sp³-hybridized carbons (Fsp3) is 0.429. The maximum absolute atomic E-state index is 11.8. The average molecular weight is 355 g/mol. The van der Waals surface area contributed by atoms with Crippen molar-refractivity contribution in [3.63, 3.8) is 0 Å². The number of rotatable bonds is 7. The van der Waals surface area contributed by atoms with E-state index in [1.54, 1.807) is 28.9 Å². The molecule has 2 N–H and O–H groups in total. The van der Waals surface area contributed by atoms with Crippen molar-refractivity contribution in [2.45, 2.75) is 18.7 Å². The number of carbonyl (C=O) groups is 1. The van der Waals surface area contributed by atoms with Gasteiger partial charge in [-0.05, 0) is 24.6 Å². The van der Waals surface area contributed by atoms with E-state index in [0.717, 1.165) is 17.1 Å². The van der Waals surface area contributed by atoms with E-state index in [1.165, 1.54) is 0 Å².